The molecule has 0 bridgehead atoms. The summed E-state index contributed by atoms with van der Waals surface area (Å²) < 4.78 is 0. The zero-order valence-electron chi connectivity index (χ0n) is 9.80. The van der Waals surface area contributed by atoms with Crippen molar-refractivity contribution in [1.29, 1.82) is 0 Å². The Hall–Kier alpha value is -0.610. The van der Waals surface area contributed by atoms with Crippen molar-refractivity contribution in [3.8, 4) is 0 Å². The van der Waals surface area contributed by atoms with Crippen LogP contribution >= 0.6 is 0 Å². The van der Waals surface area contributed by atoms with Crippen LogP contribution in [0, 0.1) is 11.8 Å². The van der Waals surface area contributed by atoms with E-state index in [9.17, 15) is 15.0 Å². The zero-order chi connectivity index (χ0) is 12.1. The molecule has 4 unspecified atom stereocenters. The number of hydrogen-bond donors (Lipinski definition) is 3. The Bertz CT molecular complexity index is 229. The first-order valence-corrected chi connectivity index (χ1v) is 6.15. The van der Waals surface area contributed by atoms with Crippen molar-refractivity contribution in [1.82, 2.24) is 0 Å². The van der Waals surface area contributed by atoms with E-state index in [-0.39, 0.29) is 12.3 Å². The number of aliphatic hydroxyl groups is 2. The second-order valence-corrected chi connectivity index (χ2v) is 4.81. The highest BCUT2D eigenvalue weighted by Gasteiger charge is 2.40. The second-order valence-electron chi connectivity index (χ2n) is 4.81. The lowest BCUT2D eigenvalue weighted by Crippen LogP contribution is -2.43. The fourth-order valence-electron chi connectivity index (χ4n) is 2.65. The van der Waals surface area contributed by atoms with Gasteiger partial charge in [0, 0.05) is 6.42 Å². The third-order valence-electron chi connectivity index (χ3n) is 3.47. The average Bonchev–Trinajstić information content (AvgIpc) is 2.16. The van der Waals surface area contributed by atoms with Crippen molar-refractivity contribution in [3.63, 3.8) is 0 Å². The smallest absolute Gasteiger partial charge is 0.309 e. The van der Waals surface area contributed by atoms with Crippen molar-refractivity contribution in [2.24, 2.45) is 11.8 Å². The summed E-state index contributed by atoms with van der Waals surface area (Å²) in [6.45, 7) is 2.10. The van der Waals surface area contributed by atoms with Crippen LogP contribution in [0.2, 0.25) is 0 Å². The molecule has 0 aromatic heterocycles. The Morgan fingerprint density at radius 3 is 2.50 bits per heavy atom. The fourth-order valence-corrected chi connectivity index (χ4v) is 2.65. The molecule has 3 N–H and O–H groups in total. The molecule has 94 valence electrons. The molecule has 0 aromatic rings. The molecule has 16 heavy (non-hydrogen) atoms. The van der Waals surface area contributed by atoms with E-state index in [1.807, 2.05) is 0 Å². The molecular weight excluding hydrogens is 208 g/mol. The van der Waals surface area contributed by atoms with Gasteiger partial charge in [-0.3, -0.25) is 4.79 Å². The number of unbranched alkanes of at least 4 members (excludes halogenated alkanes) is 2. The van der Waals surface area contributed by atoms with E-state index in [0.717, 1.165) is 25.7 Å². The summed E-state index contributed by atoms with van der Waals surface area (Å²) in [6, 6.07) is 0. The molecular formula is C12H22O4. The maximum atomic E-state index is 11.1. The van der Waals surface area contributed by atoms with Crippen LogP contribution in [0.3, 0.4) is 0 Å². The number of aliphatic carboxylic acids is 1. The van der Waals surface area contributed by atoms with E-state index in [2.05, 4.69) is 6.92 Å². The van der Waals surface area contributed by atoms with Crippen molar-refractivity contribution < 1.29 is 20.1 Å². The van der Waals surface area contributed by atoms with Gasteiger partial charge in [0.25, 0.3) is 0 Å². The van der Waals surface area contributed by atoms with Crippen LogP contribution in [0.4, 0.5) is 0 Å². The molecule has 0 amide bonds. The Balaban J connectivity index is 2.56. The van der Waals surface area contributed by atoms with Gasteiger partial charge in [0.1, 0.15) is 0 Å². The van der Waals surface area contributed by atoms with Crippen LogP contribution < -0.4 is 0 Å². The Morgan fingerprint density at radius 2 is 1.94 bits per heavy atom. The number of carbonyl (C=O) groups is 1. The quantitative estimate of drug-likeness (QED) is 0.624. The summed E-state index contributed by atoms with van der Waals surface area (Å²) in [5, 5.41) is 28.3. The zero-order valence-corrected chi connectivity index (χ0v) is 9.80. The molecule has 0 heterocycles. The van der Waals surface area contributed by atoms with Gasteiger partial charge in [-0.1, -0.05) is 26.2 Å². The van der Waals surface area contributed by atoms with Gasteiger partial charge in [-0.05, 0) is 18.8 Å². The summed E-state index contributed by atoms with van der Waals surface area (Å²) in [6.07, 6.45) is 3.21. The molecule has 4 atom stereocenters. The van der Waals surface area contributed by atoms with E-state index in [1.54, 1.807) is 0 Å². The lowest BCUT2D eigenvalue weighted by molar-refractivity contribution is -0.153. The number of aliphatic hydroxyl groups excluding tert-OH is 2. The van der Waals surface area contributed by atoms with Gasteiger partial charge < -0.3 is 15.3 Å². The monoisotopic (exact) mass is 230 g/mol. The Morgan fingerprint density at radius 1 is 1.25 bits per heavy atom. The minimum Gasteiger partial charge on any atom is -0.481 e. The number of rotatable bonds is 5. The Labute approximate surface area is 96.3 Å². The van der Waals surface area contributed by atoms with Crippen LogP contribution in [0.15, 0.2) is 0 Å². The summed E-state index contributed by atoms with van der Waals surface area (Å²) >= 11 is 0. The molecule has 4 heteroatoms. The largest absolute Gasteiger partial charge is 0.481 e. The van der Waals surface area contributed by atoms with Gasteiger partial charge in [-0.25, -0.2) is 0 Å². The summed E-state index contributed by atoms with van der Waals surface area (Å²) in [7, 11) is 0. The second kappa shape index (κ2) is 6.21. The lowest BCUT2D eigenvalue weighted by Gasteiger charge is -2.35. The van der Waals surface area contributed by atoms with Gasteiger partial charge in [0.05, 0.1) is 18.1 Å². The van der Waals surface area contributed by atoms with Crippen LogP contribution in [-0.4, -0.2) is 33.5 Å². The predicted molar refractivity (Wildman–Crippen MR) is 60.0 cm³/mol. The highest BCUT2D eigenvalue weighted by molar-refractivity contribution is 5.71. The molecule has 1 rings (SSSR count). The first-order valence-electron chi connectivity index (χ1n) is 6.15. The normalized spacial score (nSPS) is 34.9. The number of carboxylic acids is 1. The molecule has 1 fully saturated rings. The maximum absolute atomic E-state index is 11.1. The first-order chi connectivity index (χ1) is 7.56. The minimum atomic E-state index is -0.930. The third-order valence-corrected chi connectivity index (χ3v) is 3.47. The fraction of sp³-hybridized carbons (Fsp3) is 0.917. The van der Waals surface area contributed by atoms with Gasteiger partial charge in [0.15, 0.2) is 0 Å². The summed E-state index contributed by atoms with van der Waals surface area (Å²) in [5.41, 5.74) is 0. The van der Waals surface area contributed by atoms with Crippen molar-refractivity contribution >= 4 is 5.97 Å². The average molecular weight is 230 g/mol. The van der Waals surface area contributed by atoms with Gasteiger partial charge in [-0.2, -0.15) is 0 Å². The van der Waals surface area contributed by atoms with E-state index in [1.165, 1.54) is 0 Å². The molecule has 0 saturated heterocycles. The molecule has 1 aliphatic rings. The number of hydrogen-bond acceptors (Lipinski definition) is 3. The summed E-state index contributed by atoms with van der Waals surface area (Å²) in [4.78, 5) is 11.1. The first kappa shape index (κ1) is 13.5. The molecule has 1 saturated carbocycles. The highest BCUT2D eigenvalue weighted by atomic mass is 16.4. The van der Waals surface area contributed by atoms with Crippen LogP contribution in [0.5, 0.6) is 0 Å². The molecule has 0 aromatic carbocycles. The highest BCUT2D eigenvalue weighted by Crippen LogP contribution is 2.34. The topological polar surface area (TPSA) is 77.8 Å². The molecule has 0 aliphatic heterocycles. The summed E-state index contributed by atoms with van der Waals surface area (Å²) in [5.74, 6) is -1.70. The van der Waals surface area contributed by atoms with Crippen LogP contribution in [-0.2, 0) is 4.79 Å². The van der Waals surface area contributed by atoms with E-state index < -0.39 is 24.1 Å². The molecule has 4 nitrogen and oxygen atoms in total. The van der Waals surface area contributed by atoms with Gasteiger partial charge in [-0.15, -0.1) is 0 Å². The van der Waals surface area contributed by atoms with E-state index in [4.69, 9.17) is 5.11 Å². The minimum absolute atomic E-state index is 0.0807. The van der Waals surface area contributed by atoms with Crippen molar-refractivity contribution in [2.75, 3.05) is 0 Å². The molecule has 0 spiro atoms. The maximum Gasteiger partial charge on any atom is 0.309 e. The van der Waals surface area contributed by atoms with E-state index in [0.29, 0.717) is 6.42 Å². The van der Waals surface area contributed by atoms with Crippen LogP contribution in [0.25, 0.3) is 0 Å². The van der Waals surface area contributed by atoms with Crippen molar-refractivity contribution in [3.05, 3.63) is 0 Å². The predicted octanol–water partition coefficient (Wildman–Crippen LogP) is 1.40. The molecule has 0 radical (unpaired) electrons. The Kier molecular flexibility index (Phi) is 5.22. The van der Waals surface area contributed by atoms with Gasteiger partial charge >= 0.3 is 5.97 Å². The van der Waals surface area contributed by atoms with Gasteiger partial charge in [0.2, 0.25) is 0 Å². The lowest BCUT2D eigenvalue weighted by atomic mass is 9.73. The third kappa shape index (κ3) is 3.46. The molecule has 1 aliphatic carbocycles. The SMILES string of the molecule is CCCCCC1CC(O)CC(O)C1C(=O)O. The van der Waals surface area contributed by atoms with Crippen molar-refractivity contribution in [2.45, 2.75) is 57.7 Å². The standard InChI is InChI=1S/C12H22O4/c1-2-3-4-5-8-6-9(13)7-10(14)11(8)12(15)16/h8-11,13-14H,2-7H2,1H3,(H,15,16). The van der Waals surface area contributed by atoms with Crippen LogP contribution in [0.1, 0.15) is 45.4 Å². The number of carboxylic acid groups (broad SMARTS) is 1. The van der Waals surface area contributed by atoms with E-state index >= 15 is 0 Å².